The summed E-state index contributed by atoms with van der Waals surface area (Å²) >= 11 is 0. The third kappa shape index (κ3) is 7.05. The number of aromatic nitrogens is 4. The number of hydrogen-bond acceptors (Lipinski definition) is 6. The van der Waals surface area contributed by atoms with E-state index >= 15 is 0 Å². The number of rotatable bonds is 11. The van der Waals surface area contributed by atoms with E-state index in [1.165, 1.54) is 5.56 Å². The van der Waals surface area contributed by atoms with E-state index in [2.05, 4.69) is 40.2 Å². The molecular weight excluding hydrogens is 589 g/mol. The summed E-state index contributed by atoms with van der Waals surface area (Å²) in [7, 11) is 0. The fourth-order valence-electron chi connectivity index (χ4n) is 7.10. The van der Waals surface area contributed by atoms with Crippen LogP contribution in [0.5, 0.6) is 0 Å². The van der Waals surface area contributed by atoms with Crippen molar-refractivity contribution in [1.29, 1.82) is 0 Å². The number of fused-ring (bicyclic) bond motifs is 1. The highest BCUT2D eigenvalue weighted by atomic mass is 19.1. The summed E-state index contributed by atoms with van der Waals surface area (Å²) in [4.78, 5) is 31.6. The summed E-state index contributed by atoms with van der Waals surface area (Å²) in [6.45, 7) is 9.96. The van der Waals surface area contributed by atoms with Gasteiger partial charge in [-0.25, -0.2) is 9.37 Å². The molecule has 0 bridgehead atoms. The molecule has 0 saturated carbocycles. The maximum Gasteiger partial charge on any atom is 0.225 e. The molecule has 2 unspecified atom stereocenters. The van der Waals surface area contributed by atoms with Crippen molar-refractivity contribution in [2.45, 2.75) is 58.5 Å². The Kier molecular flexibility index (Phi) is 9.92. The van der Waals surface area contributed by atoms with Gasteiger partial charge in [0.15, 0.2) is 0 Å². The summed E-state index contributed by atoms with van der Waals surface area (Å²) in [6.07, 6.45) is 7.79. The average molecular weight is 634 g/mol. The predicted molar refractivity (Wildman–Crippen MR) is 185 cm³/mol. The zero-order valence-corrected chi connectivity index (χ0v) is 27.5. The van der Waals surface area contributed by atoms with Crippen molar-refractivity contribution in [3.63, 3.8) is 0 Å². The van der Waals surface area contributed by atoms with Gasteiger partial charge in [-0.2, -0.15) is 0 Å². The number of amides is 1. The van der Waals surface area contributed by atoms with Crippen LogP contribution in [-0.4, -0.2) is 61.4 Å². The summed E-state index contributed by atoms with van der Waals surface area (Å²) < 4.78 is 16.9. The molecule has 1 aliphatic heterocycles. The van der Waals surface area contributed by atoms with Crippen LogP contribution in [0.1, 0.15) is 68.8 Å². The van der Waals surface area contributed by atoms with Crippen molar-refractivity contribution in [3.05, 3.63) is 108 Å². The Morgan fingerprint density at radius 3 is 2.43 bits per heavy atom. The second kappa shape index (κ2) is 14.4. The Hall–Kier alpha value is -4.63. The zero-order chi connectivity index (χ0) is 32.9. The monoisotopic (exact) mass is 633 g/mol. The molecular formula is C38H44FN7O. The van der Waals surface area contributed by atoms with Crippen molar-refractivity contribution in [2.75, 3.05) is 31.9 Å². The minimum absolute atomic E-state index is 0.0809. The molecule has 1 saturated heterocycles. The van der Waals surface area contributed by atoms with Crippen LogP contribution >= 0.6 is 0 Å². The van der Waals surface area contributed by atoms with Gasteiger partial charge in [-0.05, 0) is 111 Å². The lowest BCUT2D eigenvalue weighted by molar-refractivity contribution is -0.136. The first kappa shape index (κ1) is 32.3. The number of nitrogens with zero attached hydrogens (tertiary/aromatic N) is 6. The van der Waals surface area contributed by atoms with Crippen LogP contribution in [0.4, 0.5) is 10.2 Å². The van der Waals surface area contributed by atoms with Crippen LogP contribution < -0.4 is 5.73 Å². The molecule has 5 aromatic rings. The molecule has 8 nitrogen and oxygen atoms in total. The van der Waals surface area contributed by atoms with Crippen molar-refractivity contribution < 1.29 is 9.18 Å². The van der Waals surface area contributed by atoms with Gasteiger partial charge < -0.3 is 15.2 Å². The Bertz CT molecular complexity index is 1800. The smallest absolute Gasteiger partial charge is 0.225 e. The molecule has 0 spiro atoms. The second-order valence-corrected chi connectivity index (χ2v) is 12.7. The molecule has 5 heterocycles. The number of carbonyl (C=O) groups excluding carboxylic acids is 1. The highest BCUT2D eigenvalue weighted by Crippen LogP contribution is 2.42. The quantitative estimate of drug-likeness (QED) is 0.167. The number of anilines is 1. The van der Waals surface area contributed by atoms with Crippen LogP contribution in [0.15, 0.2) is 85.3 Å². The largest absolute Gasteiger partial charge is 0.384 e. The number of nitrogen functional groups attached to an aromatic ring is 1. The Morgan fingerprint density at radius 2 is 1.74 bits per heavy atom. The van der Waals surface area contributed by atoms with E-state index in [9.17, 15) is 9.18 Å². The molecule has 2 atom stereocenters. The van der Waals surface area contributed by atoms with Gasteiger partial charge in [0, 0.05) is 49.0 Å². The first-order valence-electron chi connectivity index (χ1n) is 16.7. The average Bonchev–Trinajstić information content (AvgIpc) is 3.41. The van der Waals surface area contributed by atoms with Gasteiger partial charge in [0.05, 0.1) is 29.1 Å². The van der Waals surface area contributed by atoms with E-state index in [4.69, 9.17) is 10.7 Å². The lowest BCUT2D eigenvalue weighted by atomic mass is 9.86. The highest BCUT2D eigenvalue weighted by molar-refractivity contribution is 5.92. The standard InChI is InChI=1S/C38H44FN7O/c1-4-44(27(3)29-13-19-43-35(40)23-29)20-14-26(2)38(47)45-21-15-28(16-22-45)36-32-12-11-30(39)24-34(32)46(25-31-9-5-7-17-41-31)37(36)33-10-6-8-18-42-33/h5-13,17-19,23-24,26-28H,4,14-16,20-22,25H2,1-3H3,(H2,40,43). The van der Waals surface area contributed by atoms with E-state index in [-0.39, 0.29) is 29.6 Å². The van der Waals surface area contributed by atoms with Gasteiger partial charge in [0.1, 0.15) is 11.6 Å². The molecule has 2 N–H and O–H groups in total. The fourth-order valence-corrected chi connectivity index (χ4v) is 7.10. The summed E-state index contributed by atoms with van der Waals surface area (Å²) in [5.41, 5.74) is 11.8. The minimum atomic E-state index is -0.272. The molecule has 244 valence electrons. The van der Waals surface area contributed by atoms with E-state index in [0.29, 0.717) is 25.5 Å². The molecule has 1 amide bonds. The van der Waals surface area contributed by atoms with Crippen LogP contribution in [-0.2, 0) is 11.3 Å². The third-order valence-electron chi connectivity index (χ3n) is 9.75. The van der Waals surface area contributed by atoms with Gasteiger partial charge in [0.25, 0.3) is 0 Å². The molecule has 0 aliphatic carbocycles. The van der Waals surface area contributed by atoms with Crippen molar-refractivity contribution in [1.82, 2.24) is 29.3 Å². The molecule has 47 heavy (non-hydrogen) atoms. The number of carbonyl (C=O) groups is 1. The minimum Gasteiger partial charge on any atom is -0.384 e. The lowest BCUT2D eigenvalue weighted by Crippen LogP contribution is -2.41. The molecule has 1 fully saturated rings. The van der Waals surface area contributed by atoms with Crippen LogP contribution in [0, 0.1) is 11.7 Å². The maximum absolute atomic E-state index is 14.7. The summed E-state index contributed by atoms with van der Waals surface area (Å²) in [6, 6.07) is 21.0. The van der Waals surface area contributed by atoms with Crippen LogP contribution in [0.2, 0.25) is 0 Å². The number of halogens is 1. The number of benzene rings is 1. The molecule has 6 rings (SSSR count). The zero-order valence-electron chi connectivity index (χ0n) is 27.5. The number of likely N-dealkylation sites (tertiary alicyclic amines) is 1. The van der Waals surface area contributed by atoms with Crippen LogP contribution in [0.3, 0.4) is 0 Å². The van der Waals surface area contributed by atoms with Gasteiger partial charge >= 0.3 is 0 Å². The van der Waals surface area contributed by atoms with Crippen LogP contribution in [0.25, 0.3) is 22.3 Å². The predicted octanol–water partition coefficient (Wildman–Crippen LogP) is 7.08. The number of hydrogen-bond donors (Lipinski definition) is 1. The van der Waals surface area contributed by atoms with E-state index in [0.717, 1.165) is 65.9 Å². The topological polar surface area (TPSA) is 93.2 Å². The molecule has 0 radical (unpaired) electrons. The fraction of sp³-hybridized carbons (Fsp3) is 0.368. The third-order valence-corrected chi connectivity index (χ3v) is 9.75. The number of pyridine rings is 3. The SMILES string of the molecule is CCN(CCC(C)C(=O)N1CCC(c2c(-c3ccccn3)n(Cc3ccccn3)c3cc(F)ccc23)CC1)C(C)c1ccnc(N)c1. The van der Waals surface area contributed by atoms with Gasteiger partial charge in [-0.15, -0.1) is 0 Å². The normalized spacial score (nSPS) is 15.3. The Balaban J connectivity index is 1.20. The van der Waals surface area contributed by atoms with Crippen molar-refractivity contribution in [3.8, 4) is 11.4 Å². The molecule has 4 aromatic heterocycles. The van der Waals surface area contributed by atoms with Gasteiger partial charge in [-0.3, -0.25) is 19.7 Å². The molecule has 1 aliphatic rings. The summed E-state index contributed by atoms with van der Waals surface area (Å²) in [5.74, 6) is 0.585. The maximum atomic E-state index is 14.7. The van der Waals surface area contributed by atoms with Gasteiger partial charge in [0.2, 0.25) is 5.91 Å². The first-order chi connectivity index (χ1) is 22.8. The van der Waals surface area contributed by atoms with E-state index in [1.54, 1.807) is 30.7 Å². The van der Waals surface area contributed by atoms with E-state index < -0.39 is 0 Å². The summed E-state index contributed by atoms with van der Waals surface area (Å²) in [5, 5.41) is 1.03. The highest BCUT2D eigenvalue weighted by Gasteiger charge is 2.32. The van der Waals surface area contributed by atoms with Crippen molar-refractivity contribution >= 4 is 22.6 Å². The lowest BCUT2D eigenvalue weighted by Gasteiger charge is -2.35. The van der Waals surface area contributed by atoms with E-state index in [1.807, 2.05) is 59.5 Å². The van der Waals surface area contributed by atoms with Crippen molar-refractivity contribution in [2.24, 2.45) is 5.92 Å². The molecule has 1 aromatic carbocycles. The Labute approximate surface area is 276 Å². The first-order valence-corrected chi connectivity index (χ1v) is 16.7. The Morgan fingerprint density at radius 1 is 0.979 bits per heavy atom. The van der Waals surface area contributed by atoms with Gasteiger partial charge in [-0.1, -0.05) is 26.0 Å². The molecule has 9 heteroatoms. The number of nitrogens with two attached hydrogens (primary N) is 1. The second-order valence-electron chi connectivity index (χ2n) is 12.7. The number of piperidine rings is 1.